The predicted molar refractivity (Wildman–Crippen MR) is 76.4 cm³/mol. The highest BCUT2D eigenvalue weighted by atomic mass is 32.2. The number of hydrogen-bond acceptors (Lipinski definition) is 4. The van der Waals surface area contributed by atoms with E-state index >= 15 is 0 Å². The van der Waals surface area contributed by atoms with E-state index in [-0.39, 0.29) is 5.69 Å². The summed E-state index contributed by atoms with van der Waals surface area (Å²) >= 11 is 0. The van der Waals surface area contributed by atoms with Crippen molar-refractivity contribution in [3.8, 4) is 0 Å². The van der Waals surface area contributed by atoms with Crippen molar-refractivity contribution in [2.45, 2.75) is 17.6 Å². The first kappa shape index (κ1) is 17.3. The number of nitrogens with one attached hydrogen (secondary N) is 1. The average Bonchev–Trinajstić information content (AvgIpc) is 2.91. The SMILES string of the molecule is COCCn1cc(NS(=O)(=O)c2cccc(C(F)(F)F)c2)cn1. The molecule has 1 aromatic heterocycles. The van der Waals surface area contributed by atoms with Crippen molar-refractivity contribution in [2.24, 2.45) is 0 Å². The summed E-state index contributed by atoms with van der Waals surface area (Å²) in [6.45, 7) is 0.809. The Kier molecular flexibility index (Phi) is 4.95. The maximum absolute atomic E-state index is 12.7. The van der Waals surface area contributed by atoms with Gasteiger partial charge < -0.3 is 4.74 Å². The topological polar surface area (TPSA) is 73.2 Å². The molecule has 2 aromatic rings. The van der Waals surface area contributed by atoms with Gasteiger partial charge in [0.1, 0.15) is 0 Å². The van der Waals surface area contributed by atoms with Crippen LogP contribution in [0.25, 0.3) is 0 Å². The summed E-state index contributed by atoms with van der Waals surface area (Å²) in [6, 6.07) is 3.52. The first-order chi connectivity index (χ1) is 10.7. The van der Waals surface area contributed by atoms with Gasteiger partial charge in [0.05, 0.1) is 35.5 Å². The van der Waals surface area contributed by atoms with Gasteiger partial charge in [0, 0.05) is 13.3 Å². The molecule has 0 atom stereocenters. The molecule has 0 spiro atoms. The minimum atomic E-state index is -4.61. The molecular weight excluding hydrogens is 335 g/mol. The molecule has 6 nitrogen and oxygen atoms in total. The Morgan fingerprint density at radius 2 is 2.09 bits per heavy atom. The van der Waals surface area contributed by atoms with Crippen LogP contribution in [0, 0.1) is 0 Å². The lowest BCUT2D eigenvalue weighted by Gasteiger charge is -2.10. The molecule has 0 bridgehead atoms. The highest BCUT2D eigenvalue weighted by Crippen LogP contribution is 2.30. The number of hydrogen-bond donors (Lipinski definition) is 1. The molecule has 1 N–H and O–H groups in total. The first-order valence-corrected chi connectivity index (χ1v) is 7.92. The van der Waals surface area contributed by atoms with Crippen LogP contribution in [0.1, 0.15) is 5.56 Å². The van der Waals surface area contributed by atoms with Crippen molar-refractivity contribution in [3.05, 3.63) is 42.2 Å². The zero-order valence-corrected chi connectivity index (χ0v) is 12.9. The van der Waals surface area contributed by atoms with E-state index in [1.165, 1.54) is 24.2 Å². The van der Waals surface area contributed by atoms with Crippen LogP contribution in [0.15, 0.2) is 41.6 Å². The second kappa shape index (κ2) is 6.59. The summed E-state index contributed by atoms with van der Waals surface area (Å²) in [5.74, 6) is 0. The lowest BCUT2D eigenvalue weighted by atomic mass is 10.2. The minimum absolute atomic E-state index is 0.151. The third-order valence-electron chi connectivity index (χ3n) is 2.88. The molecule has 0 saturated carbocycles. The van der Waals surface area contributed by atoms with Gasteiger partial charge in [-0.25, -0.2) is 8.42 Å². The summed E-state index contributed by atoms with van der Waals surface area (Å²) in [5, 5.41) is 3.92. The highest BCUT2D eigenvalue weighted by Gasteiger charge is 2.31. The summed E-state index contributed by atoms with van der Waals surface area (Å²) < 4.78 is 70.8. The van der Waals surface area contributed by atoms with Crippen molar-refractivity contribution < 1.29 is 26.3 Å². The second-order valence-electron chi connectivity index (χ2n) is 4.62. The third kappa shape index (κ3) is 4.45. The predicted octanol–water partition coefficient (Wildman–Crippen LogP) is 2.35. The Labute approximate surface area is 130 Å². The molecule has 0 aliphatic rings. The number of sulfonamides is 1. The number of ether oxygens (including phenoxy) is 1. The fraction of sp³-hybridized carbons (Fsp3) is 0.308. The number of benzene rings is 1. The van der Waals surface area contributed by atoms with E-state index in [0.717, 1.165) is 18.2 Å². The van der Waals surface area contributed by atoms with Crippen LogP contribution in [0.2, 0.25) is 0 Å². The maximum Gasteiger partial charge on any atom is 0.416 e. The molecule has 0 radical (unpaired) electrons. The molecule has 0 amide bonds. The van der Waals surface area contributed by atoms with Crippen LogP contribution in [0.4, 0.5) is 18.9 Å². The van der Waals surface area contributed by atoms with Crippen LogP contribution in [0.3, 0.4) is 0 Å². The molecule has 1 heterocycles. The van der Waals surface area contributed by atoms with E-state index < -0.39 is 26.7 Å². The van der Waals surface area contributed by atoms with E-state index in [4.69, 9.17) is 4.74 Å². The number of anilines is 1. The molecule has 0 saturated heterocycles. The summed E-state index contributed by atoms with van der Waals surface area (Å²) in [6.07, 6.45) is -1.93. The molecule has 2 rings (SSSR count). The minimum Gasteiger partial charge on any atom is -0.383 e. The maximum atomic E-state index is 12.7. The van der Waals surface area contributed by atoms with Gasteiger partial charge in [0.2, 0.25) is 0 Å². The van der Waals surface area contributed by atoms with E-state index in [1.807, 2.05) is 0 Å². The lowest BCUT2D eigenvalue weighted by molar-refractivity contribution is -0.137. The largest absolute Gasteiger partial charge is 0.416 e. The first-order valence-electron chi connectivity index (χ1n) is 6.44. The number of rotatable bonds is 6. The molecule has 0 aliphatic heterocycles. The molecule has 23 heavy (non-hydrogen) atoms. The standard InChI is InChI=1S/C13H14F3N3O3S/c1-22-6-5-19-9-11(8-17-19)18-23(20,21)12-4-2-3-10(7-12)13(14,15)16/h2-4,7-9,18H,5-6H2,1H3. The van der Waals surface area contributed by atoms with Crippen molar-refractivity contribution in [3.63, 3.8) is 0 Å². The van der Waals surface area contributed by atoms with Crippen LogP contribution in [-0.4, -0.2) is 31.9 Å². The molecule has 0 unspecified atom stereocenters. The van der Waals surface area contributed by atoms with E-state index in [9.17, 15) is 21.6 Å². The fourth-order valence-electron chi connectivity index (χ4n) is 1.78. The Morgan fingerprint density at radius 3 is 2.74 bits per heavy atom. The van der Waals surface area contributed by atoms with Crippen LogP contribution in [0.5, 0.6) is 0 Å². The average molecular weight is 349 g/mol. The number of alkyl halides is 3. The van der Waals surface area contributed by atoms with Crippen molar-refractivity contribution in [1.29, 1.82) is 0 Å². The monoisotopic (exact) mass is 349 g/mol. The van der Waals surface area contributed by atoms with E-state index in [2.05, 4.69) is 9.82 Å². The number of methoxy groups -OCH3 is 1. The Hall–Kier alpha value is -2.07. The van der Waals surface area contributed by atoms with Gasteiger partial charge in [-0.05, 0) is 18.2 Å². The normalized spacial score (nSPS) is 12.3. The smallest absolute Gasteiger partial charge is 0.383 e. The van der Waals surface area contributed by atoms with Gasteiger partial charge >= 0.3 is 6.18 Å². The summed E-state index contributed by atoms with van der Waals surface area (Å²) in [4.78, 5) is -0.475. The van der Waals surface area contributed by atoms with E-state index in [0.29, 0.717) is 19.2 Å². The zero-order chi connectivity index (χ0) is 17.1. The number of nitrogens with zero attached hydrogens (tertiary/aromatic N) is 2. The van der Waals surface area contributed by atoms with Crippen LogP contribution < -0.4 is 4.72 Å². The highest BCUT2D eigenvalue weighted by molar-refractivity contribution is 7.92. The van der Waals surface area contributed by atoms with Gasteiger partial charge in [0.15, 0.2) is 0 Å². The molecule has 0 fully saturated rings. The number of aromatic nitrogens is 2. The van der Waals surface area contributed by atoms with Gasteiger partial charge in [-0.3, -0.25) is 9.40 Å². The molecular formula is C13H14F3N3O3S. The van der Waals surface area contributed by atoms with Crippen molar-refractivity contribution in [1.82, 2.24) is 9.78 Å². The Balaban J connectivity index is 2.20. The lowest BCUT2D eigenvalue weighted by Crippen LogP contribution is -2.14. The summed E-state index contributed by atoms with van der Waals surface area (Å²) in [7, 11) is -2.62. The third-order valence-corrected chi connectivity index (χ3v) is 4.26. The number of halogens is 3. The van der Waals surface area contributed by atoms with Gasteiger partial charge in [0.25, 0.3) is 10.0 Å². The van der Waals surface area contributed by atoms with Crippen molar-refractivity contribution in [2.75, 3.05) is 18.4 Å². The van der Waals surface area contributed by atoms with Crippen molar-refractivity contribution >= 4 is 15.7 Å². The van der Waals surface area contributed by atoms with Gasteiger partial charge in [-0.2, -0.15) is 18.3 Å². The van der Waals surface area contributed by atoms with Crippen LogP contribution in [-0.2, 0) is 27.5 Å². The Morgan fingerprint density at radius 1 is 1.35 bits per heavy atom. The second-order valence-corrected chi connectivity index (χ2v) is 6.30. The van der Waals surface area contributed by atoms with Crippen LogP contribution >= 0.6 is 0 Å². The quantitative estimate of drug-likeness (QED) is 0.869. The zero-order valence-electron chi connectivity index (χ0n) is 12.0. The van der Waals surface area contributed by atoms with Gasteiger partial charge in [-0.15, -0.1) is 0 Å². The molecule has 126 valence electrons. The fourth-order valence-corrected chi connectivity index (χ4v) is 2.85. The molecule has 1 aromatic carbocycles. The molecule has 10 heteroatoms. The van der Waals surface area contributed by atoms with E-state index in [1.54, 1.807) is 0 Å². The summed E-state index contributed by atoms with van der Waals surface area (Å²) in [5.41, 5.74) is -0.880. The van der Waals surface area contributed by atoms with Gasteiger partial charge in [-0.1, -0.05) is 6.07 Å². The Bertz CT molecular complexity index is 772. The molecule has 0 aliphatic carbocycles.